The predicted molar refractivity (Wildman–Crippen MR) is 119 cm³/mol. The van der Waals surface area contributed by atoms with Crippen molar-refractivity contribution in [3.63, 3.8) is 0 Å². The van der Waals surface area contributed by atoms with Gasteiger partial charge >= 0.3 is 0 Å². The molecule has 1 aromatic heterocycles. The molecule has 0 atom stereocenters. The number of nitrogens with zero attached hydrogens (tertiary/aromatic N) is 2. The summed E-state index contributed by atoms with van der Waals surface area (Å²) in [5.41, 5.74) is 11.9. The van der Waals surface area contributed by atoms with Gasteiger partial charge in [-0.1, -0.05) is 48.1 Å². The van der Waals surface area contributed by atoms with Gasteiger partial charge in [0.05, 0.1) is 19.0 Å². The van der Waals surface area contributed by atoms with Crippen LogP contribution in [0.5, 0.6) is 11.5 Å². The lowest BCUT2D eigenvalue weighted by Crippen LogP contribution is -2.17. The van der Waals surface area contributed by atoms with Crippen molar-refractivity contribution in [2.24, 2.45) is 5.10 Å². The highest BCUT2D eigenvalue weighted by atomic mass is 32.1. The summed E-state index contributed by atoms with van der Waals surface area (Å²) in [7, 11) is 1.58. The summed E-state index contributed by atoms with van der Waals surface area (Å²) in [5.74, 6) is 0.886. The zero-order chi connectivity index (χ0) is 21.5. The van der Waals surface area contributed by atoms with E-state index in [1.165, 1.54) is 5.56 Å². The van der Waals surface area contributed by atoms with E-state index in [2.05, 4.69) is 21.6 Å². The molecule has 3 rings (SSSR count). The number of carbonyl (C=O) groups excluding carboxylic acids is 1. The second-order valence-corrected chi connectivity index (χ2v) is 7.60. The molecule has 0 radical (unpaired) electrons. The lowest BCUT2D eigenvalue weighted by Gasteiger charge is -2.11. The van der Waals surface area contributed by atoms with E-state index in [1.807, 2.05) is 44.2 Å². The number of nitrogens with one attached hydrogen (secondary N) is 1. The Morgan fingerprint density at radius 2 is 2.10 bits per heavy atom. The minimum absolute atomic E-state index is 0.331. The first-order chi connectivity index (χ1) is 14.5. The van der Waals surface area contributed by atoms with Gasteiger partial charge in [-0.25, -0.2) is 10.4 Å². The lowest BCUT2D eigenvalue weighted by molar-refractivity contribution is 0.0958. The molecule has 0 fully saturated rings. The van der Waals surface area contributed by atoms with E-state index in [0.717, 1.165) is 22.5 Å². The molecule has 2 aromatic carbocycles. The maximum absolute atomic E-state index is 12.3. The number of nitrogen functional groups attached to an aromatic ring is 1. The summed E-state index contributed by atoms with van der Waals surface area (Å²) in [6.07, 6.45) is 2.17. The molecule has 0 aliphatic heterocycles. The number of hydrogen-bond donors (Lipinski definition) is 2. The Labute approximate surface area is 179 Å². The molecule has 0 aliphatic carbocycles. The molecule has 1 heterocycles. The maximum Gasteiger partial charge on any atom is 0.283 e. The Bertz CT molecular complexity index is 1060. The third kappa shape index (κ3) is 5.36. The van der Waals surface area contributed by atoms with Crippen molar-refractivity contribution in [2.75, 3.05) is 12.8 Å². The number of ether oxygens (including phenoxy) is 2. The van der Waals surface area contributed by atoms with Crippen LogP contribution in [0.25, 0.3) is 0 Å². The predicted octanol–water partition coefficient (Wildman–Crippen LogP) is 3.95. The lowest BCUT2D eigenvalue weighted by atomic mass is 10.1. The number of thiazole rings is 1. The summed E-state index contributed by atoms with van der Waals surface area (Å²) >= 11 is 1.15. The third-order valence-electron chi connectivity index (χ3n) is 4.30. The van der Waals surface area contributed by atoms with E-state index >= 15 is 0 Å². The monoisotopic (exact) mass is 424 g/mol. The standard InChI is InChI=1S/C22H24N4O3S/c1-4-17-20(30-22(23)25-17)21(27)26-24-12-15-8-9-18(19(11-15)28-3)29-13-16-7-5-6-14(2)10-16/h5-12H,4,13H2,1-3H3,(H2,23,25)(H,26,27)/b24-12-. The SMILES string of the molecule is CCc1nc(N)sc1C(=O)N/N=C\c1ccc(OCc2cccc(C)c2)c(OC)c1. The van der Waals surface area contributed by atoms with Gasteiger partial charge < -0.3 is 15.2 Å². The van der Waals surface area contributed by atoms with Crippen LogP contribution in [0.1, 0.15) is 39.0 Å². The van der Waals surface area contributed by atoms with Crippen LogP contribution in [-0.4, -0.2) is 24.2 Å². The molecule has 3 N–H and O–H groups in total. The fourth-order valence-corrected chi connectivity index (χ4v) is 3.66. The minimum atomic E-state index is -0.331. The summed E-state index contributed by atoms with van der Waals surface area (Å²) in [5, 5.41) is 4.40. The molecule has 30 heavy (non-hydrogen) atoms. The maximum atomic E-state index is 12.3. The van der Waals surface area contributed by atoms with Crippen LogP contribution in [0.4, 0.5) is 5.13 Å². The van der Waals surface area contributed by atoms with Gasteiger partial charge in [-0.2, -0.15) is 5.10 Å². The minimum Gasteiger partial charge on any atom is -0.493 e. The Morgan fingerprint density at radius 1 is 1.27 bits per heavy atom. The first-order valence-corrected chi connectivity index (χ1v) is 10.3. The number of aryl methyl sites for hydroxylation is 2. The molecular formula is C22H24N4O3S. The van der Waals surface area contributed by atoms with E-state index in [9.17, 15) is 4.79 Å². The topological polar surface area (TPSA) is 98.8 Å². The smallest absolute Gasteiger partial charge is 0.283 e. The van der Waals surface area contributed by atoms with Gasteiger partial charge in [0, 0.05) is 0 Å². The van der Waals surface area contributed by atoms with Crippen LogP contribution in [-0.2, 0) is 13.0 Å². The molecule has 7 nitrogen and oxygen atoms in total. The molecule has 156 valence electrons. The number of benzene rings is 2. The largest absolute Gasteiger partial charge is 0.493 e. The third-order valence-corrected chi connectivity index (χ3v) is 5.22. The molecule has 0 saturated carbocycles. The van der Waals surface area contributed by atoms with Crippen molar-refractivity contribution in [1.29, 1.82) is 0 Å². The van der Waals surface area contributed by atoms with E-state index in [1.54, 1.807) is 19.4 Å². The van der Waals surface area contributed by atoms with Crippen LogP contribution in [0.15, 0.2) is 47.6 Å². The number of nitrogens with two attached hydrogens (primary N) is 1. The Kier molecular flexibility index (Phi) is 7.03. The summed E-state index contributed by atoms with van der Waals surface area (Å²) in [6.45, 7) is 4.41. The molecule has 1 amide bonds. The Morgan fingerprint density at radius 3 is 2.83 bits per heavy atom. The van der Waals surface area contributed by atoms with Crippen molar-refractivity contribution >= 4 is 28.6 Å². The van der Waals surface area contributed by atoms with Gasteiger partial charge in [-0.3, -0.25) is 4.79 Å². The summed E-state index contributed by atoms with van der Waals surface area (Å²) in [4.78, 5) is 16.9. The van der Waals surface area contributed by atoms with Crippen molar-refractivity contribution in [3.8, 4) is 11.5 Å². The van der Waals surface area contributed by atoms with Crippen LogP contribution < -0.4 is 20.6 Å². The average Bonchev–Trinajstić information content (AvgIpc) is 3.13. The number of methoxy groups -OCH3 is 1. The highest BCUT2D eigenvalue weighted by Crippen LogP contribution is 2.28. The summed E-state index contributed by atoms with van der Waals surface area (Å²) < 4.78 is 11.3. The second kappa shape index (κ2) is 9.89. The Balaban J connectivity index is 1.64. The van der Waals surface area contributed by atoms with Gasteiger partial charge in [0.1, 0.15) is 11.5 Å². The highest BCUT2D eigenvalue weighted by Gasteiger charge is 2.15. The molecule has 8 heteroatoms. The normalized spacial score (nSPS) is 10.9. The van der Waals surface area contributed by atoms with Gasteiger partial charge in [-0.15, -0.1) is 0 Å². The van der Waals surface area contributed by atoms with Gasteiger partial charge in [0.15, 0.2) is 16.6 Å². The number of amides is 1. The fraction of sp³-hybridized carbons (Fsp3) is 0.227. The molecule has 0 saturated heterocycles. The van der Waals surface area contributed by atoms with Gasteiger partial charge in [0.25, 0.3) is 5.91 Å². The molecule has 0 spiro atoms. The van der Waals surface area contributed by atoms with E-state index in [-0.39, 0.29) is 5.91 Å². The number of aromatic nitrogens is 1. The molecule has 0 unspecified atom stereocenters. The zero-order valence-electron chi connectivity index (χ0n) is 17.1. The molecule has 0 bridgehead atoms. The second-order valence-electron chi connectivity index (χ2n) is 6.57. The number of anilines is 1. The van der Waals surface area contributed by atoms with Gasteiger partial charge in [0.2, 0.25) is 0 Å². The van der Waals surface area contributed by atoms with Crippen LogP contribution >= 0.6 is 11.3 Å². The van der Waals surface area contributed by atoms with E-state index < -0.39 is 0 Å². The molecule has 0 aliphatic rings. The quantitative estimate of drug-likeness (QED) is 0.421. The van der Waals surface area contributed by atoms with Crippen molar-refractivity contribution in [1.82, 2.24) is 10.4 Å². The molecule has 3 aromatic rings. The number of hydrazone groups is 1. The van der Waals surface area contributed by atoms with Crippen LogP contribution in [0, 0.1) is 6.92 Å². The van der Waals surface area contributed by atoms with E-state index in [0.29, 0.717) is 40.2 Å². The highest BCUT2D eigenvalue weighted by molar-refractivity contribution is 7.17. The number of carbonyl (C=O) groups is 1. The number of rotatable bonds is 8. The van der Waals surface area contributed by atoms with E-state index in [4.69, 9.17) is 15.2 Å². The molecular weight excluding hydrogens is 400 g/mol. The summed E-state index contributed by atoms with van der Waals surface area (Å²) in [6, 6.07) is 13.6. The first kappa shape index (κ1) is 21.3. The zero-order valence-corrected chi connectivity index (χ0v) is 18.0. The van der Waals surface area contributed by atoms with Crippen molar-refractivity contribution in [3.05, 3.63) is 69.7 Å². The van der Waals surface area contributed by atoms with Crippen molar-refractivity contribution in [2.45, 2.75) is 26.9 Å². The Hall–Kier alpha value is -3.39. The van der Waals surface area contributed by atoms with Crippen LogP contribution in [0.2, 0.25) is 0 Å². The first-order valence-electron chi connectivity index (χ1n) is 9.45. The van der Waals surface area contributed by atoms with Crippen molar-refractivity contribution < 1.29 is 14.3 Å². The van der Waals surface area contributed by atoms with Crippen LogP contribution in [0.3, 0.4) is 0 Å². The average molecular weight is 425 g/mol. The fourth-order valence-electron chi connectivity index (χ4n) is 2.85. The number of hydrogen-bond acceptors (Lipinski definition) is 7. The van der Waals surface area contributed by atoms with Gasteiger partial charge in [-0.05, 0) is 42.7 Å².